The minimum atomic E-state index is -0.259. The Morgan fingerprint density at radius 3 is 2.44 bits per heavy atom. The van der Waals surface area contributed by atoms with Gasteiger partial charge in [0.25, 0.3) is 5.91 Å². The average Bonchev–Trinajstić information content (AvgIpc) is 3.29. The molecule has 0 aliphatic heterocycles. The Bertz CT molecular complexity index is 1290. The van der Waals surface area contributed by atoms with E-state index < -0.39 is 0 Å². The van der Waals surface area contributed by atoms with Gasteiger partial charge in [-0.25, -0.2) is 5.43 Å². The molecular formula is C24H21BrN6O2S. The maximum absolute atomic E-state index is 12.5. The molecule has 2 aromatic carbocycles. The van der Waals surface area contributed by atoms with Crippen LogP contribution in [-0.2, 0) is 4.79 Å². The topological polar surface area (TPSA) is 105 Å². The summed E-state index contributed by atoms with van der Waals surface area (Å²) < 4.78 is 2.87. The molecule has 2 heterocycles. The summed E-state index contributed by atoms with van der Waals surface area (Å²) in [5, 5.41) is 23.0. The predicted molar refractivity (Wildman–Crippen MR) is 136 cm³/mol. The maximum Gasteiger partial charge on any atom is 0.250 e. The van der Waals surface area contributed by atoms with Crippen molar-refractivity contribution >= 4 is 39.3 Å². The van der Waals surface area contributed by atoms with Crippen molar-refractivity contribution in [3.63, 3.8) is 0 Å². The van der Waals surface area contributed by atoms with Crippen LogP contribution >= 0.6 is 27.7 Å². The van der Waals surface area contributed by atoms with Gasteiger partial charge in [0.2, 0.25) is 0 Å². The Morgan fingerprint density at radius 1 is 1.06 bits per heavy atom. The van der Waals surface area contributed by atoms with Crippen LogP contribution in [0, 0.1) is 0 Å². The number of nitrogens with one attached hydrogen (secondary N) is 1. The number of carbonyl (C=O) groups excluding carboxylic acids is 1. The van der Waals surface area contributed by atoms with Crippen LogP contribution in [0.2, 0.25) is 0 Å². The number of aromatic hydroxyl groups is 1. The molecule has 172 valence electrons. The zero-order valence-corrected chi connectivity index (χ0v) is 20.6. The van der Waals surface area contributed by atoms with Crippen molar-refractivity contribution in [2.24, 2.45) is 5.10 Å². The quantitative estimate of drug-likeness (QED) is 0.190. The molecular weight excluding hydrogens is 516 g/mol. The first-order chi connectivity index (χ1) is 16.5. The number of pyridine rings is 1. The normalized spacial score (nSPS) is 11.4. The molecule has 4 rings (SSSR count). The first kappa shape index (κ1) is 23.7. The Morgan fingerprint density at radius 2 is 1.76 bits per heavy atom. The highest BCUT2D eigenvalue weighted by Crippen LogP contribution is 2.28. The van der Waals surface area contributed by atoms with Gasteiger partial charge < -0.3 is 5.11 Å². The van der Waals surface area contributed by atoms with Crippen molar-refractivity contribution in [3.05, 3.63) is 83.1 Å². The van der Waals surface area contributed by atoms with E-state index >= 15 is 0 Å². The Hall–Kier alpha value is -3.50. The lowest BCUT2D eigenvalue weighted by atomic mass is 10.1. The number of phenols is 1. The molecule has 34 heavy (non-hydrogen) atoms. The van der Waals surface area contributed by atoms with Crippen LogP contribution in [0.3, 0.4) is 0 Å². The van der Waals surface area contributed by atoms with Crippen LogP contribution in [-0.4, -0.2) is 42.2 Å². The van der Waals surface area contributed by atoms with Gasteiger partial charge in [-0.05, 0) is 72.6 Å². The molecule has 8 nitrogen and oxygen atoms in total. The van der Waals surface area contributed by atoms with Crippen molar-refractivity contribution in [1.82, 2.24) is 25.2 Å². The van der Waals surface area contributed by atoms with E-state index in [0.29, 0.717) is 17.4 Å². The second-order valence-electron chi connectivity index (χ2n) is 7.14. The van der Waals surface area contributed by atoms with Crippen LogP contribution in [0.1, 0.15) is 18.9 Å². The van der Waals surface area contributed by atoms with Gasteiger partial charge in [0.15, 0.2) is 11.0 Å². The van der Waals surface area contributed by atoms with Gasteiger partial charge in [0.1, 0.15) is 5.75 Å². The highest BCUT2D eigenvalue weighted by molar-refractivity contribution is 9.10. The number of hydrogen-bond donors (Lipinski definition) is 2. The van der Waals surface area contributed by atoms with E-state index in [1.54, 1.807) is 36.7 Å². The third-order valence-electron chi connectivity index (χ3n) is 4.84. The number of halogens is 1. The number of rotatable bonds is 8. The second-order valence-corrected chi connectivity index (χ2v) is 8.99. The highest BCUT2D eigenvalue weighted by Gasteiger charge is 2.17. The van der Waals surface area contributed by atoms with E-state index in [1.165, 1.54) is 11.8 Å². The van der Waals surface area contributed by atoms with Crippen LogP contribution < -0.4 is 5.43 Å². The van der Waals surface area contributed by atoms with Crippen LogP contribution in [0.4, 0.5) is 0 Å². The summed E-state index contributed by atoms with van der Waals surface area (Å²) in [5.41, 5.74) is 5.92. The molecule has 0 spiro atoms. The molecule has 4 aromatic rings. The molecule has 0 saturated carbocycles. The minimum absolute atomic E-state index is 0.112. The average molecular weight is 537 g/mol. The van der Waals surface area contributed by atoms with Crippen LogP contribution in [0.15, 0.2) is 87.8 Å². The third kappa shape index (κ3) is 5.70. The van der Waals surface area contributed by atoms with Gasteiger partial charge in [-0.15, -0.1) is 10.2 Å². The zero-order chi connectivity index (χ0) is 23.9. The number of thioether (sulfide) groups is 1. The summed E-state index contributed by atoms with van der Waals surface area (Å²) in [7, 11) is 0. The molecule has 0 radical (unpaired) electrons. The fourth-order valence-corrected chi connectivity index (χ4v) is 4.18. The minimum Gasteiger partial charge on any atom is -0.508 e. The van der Waals surface area contributed by atoms with E-state index in [-0.39, 0.29) is 17.4 Å². The number of aromatic nitrogens is 4. The van der Waals surface area contributed by atoms with E-state index in [0.717, 1.165) is 27.0 Å². The van der Waals surface area contributed by atoms with E-state index in [2.05, 4.69) is 41.6 Å². The van der Waals surface area contributed by atoms with Gasteiger partial charge in [-0.3, -0.25) is 14.3 Å². The molecule has 0 aliphatic carbocycles. The van der Waals surface area contributed by atoms with Crippen LogP contribution in [0.25, 0.3) is 17.1 Å². The van der Waals surface area contributed by atoms with Crippen molar-refractivity contribution in [2.75, 3.05) is 5.75 Å². The fourth-order valence-electron chi connectivity index (χ4n) is 3.17. The van der Waals surface area contributed by atoms with E-state index in [4.69, 9.17) is 0 Å². The number of phenolic OH excluding ortho intramolecular Hbond substituents is 1. The molecule has 0 fully saturated rings. The van der Waals surface area contributed by atoms with Gasteiger partial charge in [-0.1, -0.05) is 34.6 Å². The molecule has 0 bridgehead atoms. The fraction of sp³-hybridized carbons (Fsp3) is 0.125. The van der Waals surface area contributed by atoms with Crippen molar-refractivity contribution in [2.45, 2.75) is 18.5 Å². The number of nitrogens with zero attached hydrogens (tertiary/aromatic N) is 5. The lowest BCUT2D eigenvalue weighted by Crippen LogP contribution is -2.22. The summed E-state index contributed by atoms with van der Waals surface area (Å²) in [6.45, 7) is 1.95. The first-order valence-corrected chi connectivity index (χ1v) is 12.2. The largest absolute Gasteiger partial charge is 0.508 e. The first-order valence-electron chi connectivity index (χ1n) is 10.4. The smallest absolute Gasteiger partial charge is 0.250 e. The molecule has 0 aliphatic rings. The van der Waals surface area contributed by atoms with Crippen molar-refractivity contribution < 1.29 is 9.90 Å². The molecule has 2 N–H and O–H groups in total. The van der Waals surface area contributed by atoms with E-state index in [1.807, 2.05) is 47.9 Å². The lowest BCUT2D eigenvalue weighted by Gasteiger charge is -2.10. The molecule has 0 saturated heterocycles. The Kier molecular flexibility index (Phi) is 7.71. The maximum atomic E-state index is 12.5. The van der Waals surface area contributed by atoms with Gasteiger partial charge >= 0.3 is 0 Å². The number of amides is 1. The number of hydrogen-bond acceptors (Lipinski definition) is 7. The monoisotopic (exact) mass is 536 g/mol. The van der Waals surface area contributed by atoms with Crippen LogP contribution in [0.5, 0.6) is 5.75 Å². The SMILES string of the molecule is CC/C(=N/NC(=O)CSc1nnc(-c2ccncc2)n1-c1ccc(Br)cc1)c1ccc(O)cc1. The van der Waals surface area contributed by atoms with E-state index in [9.17, 15) is 9.90 Å². The molecule has 1 amide bonds. The zero-order valence-electron chi connectivity index (χ0n) is 18.2. The van der Waals surface area contributed by atoms with Gasteiger partial charge in [0, 0.05) is 28.1 Å². The van der Waals surface area contributed by atoms with Gasteiger partial charge in [0.05, 0.1) is 11.5 Å². The number of hydrazone groups is 1. The standard InChI is InChI=1S/C24H21BrN6O2S/c1-2-21(16-3-9-20(32)10-4-16)27-28-22(33)15-34-24-30-29-23(17-11-13-26-14-12-17)31(24)19-7-5-18(25)6-8-19/h3-14,32H,2,15H2,1H3,(H,28,33)/b27-21-. The summed E-state index contributed by atoms with van der Waals surface area (Å²) in [5.74, 6) is 0.693. The van der Waals surface area contributed by atoms with Crippen molar-refractivity contribution in [1.29, 1.82) is 0 Å². The molecule has 10 heteroatoms. The number of carbonyl (C=O) groups is 1. The Balaban J connectivity index is 1.52. The molecule has 0 unspecified atom stereocenters. The summed E-state index contributed by atoms with van der Waals surface area (Å²) >= 11 is 4.74. The lowest BCUT2D eigenvalue weighted by molar-refractivity contribution is -0.118. The molecule has 0 atom stereocenters. The van der Waals surface area contributed by atoms with Gasteiger partial charge in [-0.2, -0.15) is 5.10 Å². The molecule has 2 aromatic heterocycles. The second kappa shape index (κ2) is 11.1. The Labute approximate surface area is 209 Å². The predicted octanol–water partition coefficient (Wildman–Crippen LogP) is 4.82. The number of benzene rings is 2. The highest BCUT2D eigenvalue weighted by atomic mass is 79.9. The summed E-state index contributed by atoms with van der Waals surface area (Å²) in [6, 6.07) is 18.2. The summed E-state index contributed by atoms with van der Waals surface area (Å²) in [4.78, 5) is 16.6. The third-order valence-corrected chi connectivity index (χ3v) is 6.30. The summed E-state index contributed by atoms with van der Waals surface area (Å²) in [6.07, 6.45) is 4.03. The van der Waals surface area contributed by atoms with Crippen molar-refractivity contribution in [3.8, 4) is 22.8 Å².